The van der Waals surface area contributed by atoms with Crippen LogP contribution >= 0.6 is 0 Å². The molecule has 4 heterocycles. The molecule has 2 aliphatic rings. The second-order valence-corrected chi connectivity index (χ2v) is 8.79. The standard InChI is InChI=1S/C16H23N3O.C9H8N2O.2H2/c1-13-4-9-19(12-13)16(20)14-5-10-18(11-6-14)15-2-7-17-8-3-15;10-9(12)7-2-1-6-3-4-11-8(6)5-7;;/h2-3,7-8,13-14H,4-6,9-12H2,1H3;1-5,11H,(H2,10,12);2*1H. The number of carbonyl (C=O) groups excluding carboxylic acids is 2. The second-order valence-electron chi connectivity index (χ2n) is 8.79. The Morgan fingerprint density at radius 3 is 2.47 bits per heavy atom. The van der Waals surface area contributed by atoms with Gasteiger partial charge in [0.2, 0.25) is 11.8 Å². The van der Waals surface area contributed by atoms with Gasteiger partial charge in [-0.1, -0.05) is 13.0 Å². The van der Waals surface area contributed by atoms with Crippen LogP contribution in [0.1, 0.15) is 39.4 Å². The van der Waals surface area contributed by atoms with Crippen LogP contribution in [-0.4, -0.2) is 52.9 Å². The van der Waals surface area contributed by atoms with Gasteiger partial charge in [-0.25, -0.2) is 0 Å². The SMILES string of the molecule is CC1CCN(C(=O)C2CCN(c3ccncc3)CC2)C1.NC(=O)c1ccc2cc[nH]c2c1.[HH].[HH]. The fraction of sp³-hybridized carbons (Fsp3) is 0.400. The van der Waals surface area contributed by atoms with Crippen LogP contribution in [-0.2, 0) is 4.79 Å². The monoisotopic (exact) mass is 437 g/mol. The average molecular weight is 438 g/mol. The topological polar surface area (TPSA) is 95.3 Å². The number of primary amides is 1. The molecular formula is C25H35N5O2. The van der Waals surface area contributed by atoms with Gasteiger partial charge in [-0.05, 0) is 60.9 Å². The molecule has 2 fully saturated rings. The maximum atomic E-state index is 12.5. The summed E-state index contributed by atoms with van der Waals surface area (Å²) in [4.78, 5) is 34.8. The van der Waals surface area contributed by atoms with Crippen LogP contribution in [0.25, 0.3) is 10.9 Å². The summed E-state index contributed by atoms with van der Waals surface area (Å²) in [5, 5.41) is 1.08. The zero-order valence-corrected chi connectivity index (χ0v) is 18.5. The Morgan fingerprint density at radius 1 is 1.06 bits per heavy atom. The lowest BCUT2D eigenvalue weighted by molar-refractivity contribution is -0.135. The van der Waals surface area contributed by atoms with E-state index in [-0.39, 0.29) is 8.77 Å². The summed E-state index contributed by atoms with van der Waals surface area (Å²) in [6.45, 7) is 6.11. The number of nitrogens with zero attached hydrogens (tertiary/aromatic N) is 3. The van der Waals surface area contributed by atoms with Crippen molar-refractivity contribution in [2.45, 2.75) is 26.2 Å². The van der Waals surface area contributed by atoms with Gasteiger partial charge in [0.25, 0.3) is 0 Å². The molecule has 7 heteroatoms. The largest absolute Gasteiger partial charge is 0.371 e. The van der Waals surface area contributed by atoms with Crippen LogP contribution < -0.4 is 10.6 Å². The maximum absolute atomic E-state index is 12.5. The normalized spacial score (nSPS) is 19.0. The Balaban J connectivity index is 0.000000252. The van der Waals surface area contributed by atoms with Crippen molar-refractivity contribution < 1.29 is 12.4 Å². The van der Waals surface area contributed by atoms with Crippen molar-refractivity contribution in [1.82, 2.24) is 14.9 Å². The number of H-pyrrole nitrogens is 1. The number of aromatic amines is 1. The lowest BCUT2D eigenvalue weighted by Crippen LogP contribution is -2.41. The summed E-state index contributed by atoms with van der Waals surface area (Å²) in [6.07, 6.45) is 8.62. The number of rotatable bonds is 3. The first-order chi connectivity index (χ1) is 15.5. The summed E-state index contributed by atoms with van der Waals surface area (Å²) in [6, 6.07) is 11.4. The predicted octanol–water partition coefficient (Wildman–Crippen LogP) is 3.93. The van der Waals surface area contributed by atoms with Gasteiger partial charge in [-0.15, -0.1) is 0 Å². The van der Waals surface area contributed by atoms with Crippen molar-refractivity contribution in [3.05, 3.63) is 60.6 Å². The molecule has 32 heavy (non-hydrogen) atoms. The predicted molar refractivity (Wildman–Crippen MR) is 131 cm³/mol. The van der Waals surface area contributed by atoms with Gasteiger partial charge in [0.1, 0.15) is 0 Å². The number of nitrogens with one attached hydrogen (secondary N) is 1. The number of benzene rings is 1. The molecule has 1 atom stereocenters. The average Bonchev–Trinajstić information content (AvgIpc) is 3.48. The quantitative estimate of drug-likeness (QED) is 0.649. The molecule has 0 aliphatic carbocycles. The molecule has 5 rings (SSSR count). The van der Waals surface area contributed by atoms with Gasteiger partial charge in [0.15, 0.2) is 0 Å². The van der Waals surface area contributed by atoms with E-state index in [1.54, 1.807) is 12.1 Å². The lowest BCUT2D eigenvalue weighted by atomic mass is 9.95. The highest BCUT2D eigenvalue weighted by Gasteiger charge is 2.31. The highest BCUT2D eigenvalue weighted by Crippen LogP contribution is 2.26. The fourth-order valence-electron chi connectivity index (χ4n) is 4.53. The number of aromatic nitrogens is 2. The second kappa shape index (κ2) is 9.85. The molecule has 2 aromatic heterocycles. The number of anilines is 1. The summed E-state index contributed by atoms with van der Waals surface area (Å²) < 4.78 is 0. The van der Waals surface area contributed by atoms with Crippen molar-refractivity contribution in [1.29, 1.82) is 0 Å². The van der Waals surface area contributed by atoms with E-state index in [2.05, 4.69) is 26.7 Å². The van der Waals surface area contributed by atoms with Crippen LogP contribution in [0.2, 0.25) is 0 Å². The Hall–Kier alpha value is -3.35. The minimum absolute atomic E-state index is 0. The van der Waals surface area contributed by atoms with E-state index < -0.39 is 5.91 Å². The molecule has 0 spiro atoms. The molecule has 0 radical (unpaired) electrons. The Morgan fingerprint density at radius 2 is 1.81 bits per heavy atom. The van der Waals surface area contributed by atoms with E-state index in [9.17, 15) is 9.59 Å². The lowest BCUT2D eigenvalue weighted by Gasteiger charge is -2.34. The number of likely N-dealkylation sites (tertiary alicyclic amines) is 1. The van der Waals surface area contributed by atoms with E-state index in [0.717, 1.165) is 49.9 Å². The van der Waals surface area contributed by atoms with Crippen molar-refractivity contribution in [3.63, 3.8) is 0 Å². The minimum Gasteiger partial charge on any atom is -0.371 e. The van der Waals surface area contributed by atoms with E-state index >= 15 is 0 Å². The zero-order valence-electron chi connectivity index (χ0n) is 18.5. The molecule has 2 saturated heterocycles. The molecule has 3 aromatic rings. The number of hydrogen-bond donors (Lipinski definition) is 2. The molecule has 1 unspecified atom stereocenters. The number of nitrogens with two attached hydrogens (primary N) is 1. The Bertz CT molecular complexity index is 1070. The molecule has 172 valence electrons. The molecule has 1 aromatic carbocycles. The Labute approximate surface area is 191 Å². The van der Waals surface area contributed by atoms with Gasteiger partial charge < -0.3 is 20.5 Å². The van der Waals surface area contributed by atoms with Crippen molar-refractivity contribution in [2.24, 2.45) is 17.6 Å². The van der Waals surface area contributed by atoms with Crippen molar-refractivity contribution in [2.75, 3.05) is 31.1 Å². The summed E-state index contributed by atoms with van der Waals surface area (Å²) in [7, 11) is 0. The number of piperidine rings is 1. The van der Waals surface area contributed by atoms with Crippen LogP contribution in [0.4, 0.5) is 5.69 Å². The third kappa shape index (κ3) is 5.10. The zero-order chi connectivity index (χ0) is 22.5. The van der Waals surface area contributed by atoms with E-state index in [0.29, 0.717) is 17.4 Å². The first-order valence-electron chi connectivity index (χ1n) is 11.3. The number of pyridine rings is 1. The first kappa shape index (κ1) is 21.9. The fourth-order valence-corrected chi connectivity index (χ4v) is 4.53. The number of fused-ring (bicyclic) bond motifs is 1. The molecule has 2 amide bonds. The third-order valence-electron chi connectivity index (χ3n) is 6.45. The Kier molecular flexibility index (Phi) is 6.73. The van der Waals surface area contributed by atoms with Crippen LogP contribution in [0, 0.1) is 11.8 Å². The van der Waals surface area contributed by atoms with Crippen LogP contribution in [0.5, 0.6) is 0 Å². The van der Waals surface area contributed by atoms with Gasteiger partial charge in [0, 0.05) is 70.3 Å². The molecule has 7 nitrogen and oxygen atoms in total. The van der Waals surface area contributed by atoms with Gasteiger partial charge in [-0.2, -0.15) is 0 Å². The van der Waals surface area contributed by atoms with Crippen LogP contribution in [0.15, 0.2) is 55.0 Å². The molecular weight excluding hydrogens is 402 g/mol. The third-order valence-corrected chi connectivity index (χ3v) is 6.45. The first-order valence-corrected chi connectivity index (χ1v) is 11.3. The van der Waals surface area contributed by atoms with E-state index in [4.69, 9.17) is 5.73 Å². The van der Waals surface area contributed by atoms with Crippen LogP contribution in [0.3, 0.4) is 0 Å². The highest BCUT2D eigenvalue weighted by atomic mass is 16.2. The van der Waals surface area contributed by atoms with Gasteiger partial charge in [0.05, 0.1) is 0 Å². The highest BCUT2D eigenvalue weighted by molar-refractivity contribution is 5.96. The maximum Gasteiger partial charge on any atom is 0.248 e. The van der Waals surface area contributed by atoms with Crippen molar-refractivity contribution in [3.8, 4) is 0 Å². The molecule has 3 N–H and O–H groups in total. The molecule has 2 aliphatic heterocycles. The van der Waals surface area contributed by atoms with Gasteiger partial charge >= 0.3 is 0 Å². The summed E-state index contributed by atoms with van der Waals surface area (Å²) in [5.74, 6) is 0.907. The van der Waals surface area contributed by atoms with E-state index in [1.165, 1.54) is 12.1 Å². The number of amides is 2. The molecule has 0 bridgehead atoms. The minimum atomic E-state index is -0.397. The summed E-state index contributed by atoms with van der Waals surface area (Å²) >= 11 is 0. The smallest absolute Gasteiger partial charge is 0.248 e. The van der Waals surface area contributed by atoms with Crippen molar-refractivity contribution >= 4 is 28.4 Å². The van der Waals surface area contributed by atoms with E-state index in [1.807, 2.05) is 42.9 Å². The molecule has 0 saturated carbocycles. The summed E-state index contributed by atoms with van der Waals surface area (Å²) in [5.41, 5.74) is 7.81. The van der Waals surface area contributed by atoms with Gasteiger partial charge in [-0.3, -0.25) is 14.6 Å². The number of hydrogen-bond acceptors (Lipinski definition) is 4. The number of carbonyl (C=O) groups is 2.